The lowest BCUT2D eigenvalue weighted by atomic mass is 9.89. The van der Waals surface area contributed by atoms with Crippen molar-refractivity contribution >= 4 is 11.8 Å². The first kappa shape index (κ1) is 16.1. The quantitative estimate of drug-likeness (QED) is 0.795. The Labute approximate surface area is 120 Å². The number of ether oxygens (including phenoxy) is 1. The van der Waals surface area contributed by atoms with E-state index in [9.17, 15) is 22.8 Å². The van der Waals surface area contributed by atoms with Crippen molar-refractivity contribution in [3.63, 3.8) is 0 Å². The Balaban J connectivity index is 2.02. The molecule has 0 bridgehead atoms. The first-order chi connectivity index (χ1) is 9.76. The number of halogens is 3. The van der Waals surface area contributed by atoms with Gasteiger partial charge in [-0.25, -0.2) is 0 Å². The smallest absolute Gasteiger partial charge is 0.370 e. The zero-order chi connectivity index (χ0) is 15.7. The maximum atomic E-state index is 12.3. The van der Waals surface area contributed by atoms with Crippen LogP contribution in [-0.4, -0.2) is 54.2 Å². The minimum absolute atomic E-state index is 0.00662. The van der Waals surface area contributed by atoms with Crippen LogP contribution < -0.4 is 5.32 Å². The van der Waals surface area contributed by atoms with Crippen molar-refractivity contribution < 1.29 is 27.5 Å². The second-order valence-electron chi connectivity index (χ2n) is 5.59. The van der Waals surface area contributed by atoms with Gasteiger partial charge in [0.1, 0.15) is 18.2 Å². The van der Waals surface area contributed by atoms with Gasteiger partial charge < -0.3 is 15.0 Å². The van der Waals surface area contributed by atoms with Crippen LogP contribution in [-0.2, 0) is 14.3 Å². The number of piperazine rings is 1. The van der Waals surface area contributed by atoms with Gasteiger partial charge in [-0.3, -0.25) is 9.59 Å². The maximum absolute atomic E-state index is 12.3. The lowest BCUT2D eigenvalue weighted by molar-refractivity contribution is -0.177. The normalized spacial score (nSPS) is 25.5. The summed E-state index contributed by atoms with van der Waals surface area (Å²) in [6.07, 6.45) is -1.63. The molecule has 1 saturated heterocycles. The Morgan fingerprint density at radius 1 is 1.33 bits per heavy atom. The van der Waals surface area contributed by atoms with Gasteiger partial charge in [-0.05, 0) is 19.8 Å². The fraction of sp³-hybridized carbons (Fsp3) is 0.846. The van der Waals surface area contributed by atoms with Gasteiger partial charge in [0.15, 0.2) is 0 Å². The molecule has 1 saturated carbocycles. The molecule has 1 spiro atoms. The summed E-state index contributed by atoms with van der Waals surface area (Å²) in [5.41, 5.74) is -0.898. The van der Waals surface area contributed by atoms with Crippen LogP contribution in [0.25, 0.3) is 0 Å². The second-order valence-corrected chi connectivity index (χ2v) is 5.59. The molecule has 2 rings (SSSR count). The molecule has 21 heavy (non-hydrogen) atoms. The Morgan fingerprint density at radius 3 is 2.52 bits per heavy atom. The monoisotopic (exact) mass is 308 g/mol. The van der Waals surface area contributed by atoms with Crippen molar-refractivity contribution in [3.8, 4) is 0 Å². The fourth-order valence-electron chi connectivity index (χ4n) is 3.08. The van der Waals surface area contributed by atoms with Crippen LogP contribution in [0.3, 0.4) is 0 Å². The van der Waals surface area contributed by atoms with Gasteiger partial charge in [-0.1, -0.05) is 12.8 Å². The van der Waals surface area contributed by atoms with E-state index >= 15 is 0 Å². The standard InChI is InChI=1S/C13H19F3N2O3/c1-9-10(19)18(6-7-21-8-13(14,15)16)12(11(20)17-9)4-2-3-5-12/h9H,2-8H2,1H3,(H,17,20). The van der Waals surface area contributed by atoms with E-state index in [1.54, 1.807) is 6.92 Å². The predicted octanol–water partition coefficient (Wildman–Crippen LogP) is 1.22. The predicted molar refractivity (Wildman–Crippen MR) is 67.4 cm³/mol. The van der Waals surface area contributed by atoms with Gasteiger partial charge in [-0.2, -0.15) is 13.2 Å². The van der Waals surface area contributed by atoms with Crippen molar-refractivity contribution in [2.45, 2.75) is 50.4 Å². The zero-order valence-electron chi connectivity index (χ0n) is 11.8. The summed E-state index contributed by atoms with van der Waals surface area (Å²) < 4.78 is 40.7. The summed E-state index contributed by atoms with van der Waals surface area (Å²) in [7, 11) is 0. The molecule has 0 aromatic carbocycles. The number of alkyl halides is 3. The van der Waals surface area contributed by atoms with Crippen LogP contribution >= 0.6 is 0 Å². The summed E-state index contributed by atoms with van der Waals surface area (Å²) in [6, 6.07) is -0.647. The number of amides is 2. The number of rotatable bonds is 4. The third-order valence-electron chi connectivity index (χ3n) is 4.08. The van der Waals surface area contributed by atoms with Crippen LogP contribution in [0.1, 0.15) is 32.6 Å². The molecule has 8 heteroatoms. The van der Waals surface area contributed by atoms with E-state index in [0.717, 1.165) is 12.8 Å². The van der Waals surface area contributed by atoms with E-state index in [1.807, 2.05) is 0 Å². The maximum Gasteiger partial charge on any atom is 0.411 e. The number of nitrogens with one attached hydrogen (secondary N) is 1. The van der Waals surface area contributed by atoms with Crippen molar-refractivity contribution in [1.82, 2.24) is 10.2 Å². The largest absolute Gasteiger partial charge is 0.411 e. The summed E-state index contributed by atoms with van der Waals surface area (Å²) in [4.78, 5) is 25.9. The van der Waals surface area contributed by atoms with Crippen molar-refractivity contribution in [1.29, 1.82) is 0 Å². The van der Waals surface area contributed by atoms with Crippen LogP contribution in [0.4, 0.5) is 13.2 Å². The summed E-state index contributed by atoms with van der Waals surface area (Å²) in [5, 5.41) is 2.66. The van der Waals surface area contributed by atoms with Gasteiger partial charge in [0.25, 0.3) is 0 Å². The molecule has 120 valence electrons. The molecule has 1 N–H and O–H groups in total. The van der Waals surface area contributed by atoms with Crippen LogP contribution in [0, 0.1) is 0 Å². The van der Waals surface area contributed by atoms with Gasteiger partial charge in [0, 0.05) is 6.54 Å². The van der Waals surface area contributed by atoms with E-state index in [-0.39, 0.29) is 25.0 Å². The van der Waals surface area contributed by atoms with Gasteiger partial charge in [0.05, 0.1) is 6.61 Å². The summed E-state index contributed by atoms with van der Waals surface area (Å²) in [6.45, 7) is 0.00900. The van der Waals surface area contributed by atoms with Gasteiger partial charge >= 0.3 is 6.18 Å². The molecule has 1 heterocycles. The van der Waals surface area contributed by atoms with Crippen molar-refractivity contribution in [3.05, 3.63) is 0 Å². The van der Waals surface area contributed by atoms with Gasteiger partial charge in [-0.15, -0.1) is 0 Å². The third kappa shape index (κ3) is 3.30. The number of carbonyl (C=O) groups is 2. The highest BCUT2D eigenvalue weighted by atomic mass is 19.4. The lowest BCUT2D eigenvalue weighted by Crippen LogP contribution is -2.69. The number of hydrogen-bond donors (Lipinski definition) is 1. The summed E-state index contributed by atoms with van der Waals surface area (Å²) in [5.74, 6) is -0.463. The number of hydrogen-bond acceptors (Lipinski definition) is 3. The average Bonchev–Trinajstić information content (AvgIpc) is 2.85. The van der Waals surface area contributed by atoms with Crippen molar-refractivity contribution in [2.75, 3.05) is 19.8 Å². The minimum Gasteiger partial charge on any atom is -0.370 e. The molecular formula is C13H19F3N2O3. The number of carbonyl (C=O) groups excluding carboxylic acids is 2. The third-order valence-corrected chi connectivity index (χ3v) is 4.08. The molecule has 1 unspecified atom stereocenters. The topological polar surface area (TPSA) is 58.6 Å². The second kappa shape index (κ2) is 5.82. The van der Waals surface area contributed by atoms with Crippen molar-refractivity contribution in [2.24, 2.45) is 0 Å². The Hall–Kier alpha value is -1.31. The summed E-state index contributed by atoms with van der Waals surface area (Å²) >= 11 is 0. The first-order valence-electron chi connectivity index (χ1n) is 7.03. The molecule has 1 aliphatic carbocycles. The zero-order valence-corrected chi connectivity index (χ0v) is 11.8. The van der Waals surface area contributed by atoms with E-state index in [4.69, 9.17) is 0 Å². The molecule has 0 aromatic heterocycles. The molecule has 2 aliphatic rings. The Bertz CT molecular complexity index is 419. The van der Waals surface area contributed by atoms with E-state index in [0.29, 0.717) is 12.8 Å². The molecule has 1 aliphatic heterocycles. The van der Waals surface area contributed by atoms with Crippen LogP contribution in [0.5, 0.6) is 0 Å². The molecule has 2 fully saturated rings. The highest BCUT2D eigenvalue weighted by molar-refractivity contribution is 5.99. The highest BCUT2D eigenvalue weighted by Crippen LogP contribution is 2.37. The Kier molecular flexibility index (Phi) is 4.46. The molecule has 0 radical (unpaired) electrons. The van der Waals surface area contributed by atoms with Crippen LogP contribution in [0.2, 0.25) is 0 Å². The average molecular weight is 308 g/mol. The SMILES string of the molecule is CC1NC(=O)C2(CCCC2)N(CCOCC(F)(F)F)C1=O. The highest BCUT2D eigenvalue weighted by Gasteiger charge is 2.52. The Morgan fingerprint density at radius 2 is 1.95 bits per heavy atom. The lowest BCUT2D eigenvalue weighted by Gasteiger charge is -2.45. The van der Waals surface area contributed by atoms with Gasteiger partial charge in [0.2, 0.25) is 11.8 Å². The van der Waals surface area contributed by atoms with E-state index in [2.05, 4.69) is 10.1 Å². The first-order valence-corrected chi connectivity index (χ1v) is 7.03. The molecule has 2 amide bonds. The van der Waals surface area contributed by atoms with Crippen LogP contribution in [0.15, 0.2) is 0 Å². The van der Waals surface area contributed by atoms with E-state index in [1.165, 1.54) is 4.90 Å². The van der Waals surface area contributed by atoms with E-state index < -0.39 is 24.4 Å². The fourth-order valence-corrected chi connectivity index (χ4v) is 3.08. The molecular weight excluding hydrogens is 289 g/mol. The number of nitrogens with zero attached hydrogens (tertiary/aromatic N) is 1. The molecule has 5 nitrogen and oxygen atoms in total. The minimum atomic E-state index is -4.39. The molecule has 0 aromatic rings. The molecule has 1 atom stereocenters.